The molecule has 3 aromatic rings. The molecule has 0 radical (unpaired) electrons. The molecule has 0 saturated carbocycles. The van der Waals surface area contributed by atoms with Crippen LogP contribution in [0.25, 0.3) is 22.4 Å². The van der Waals surface area contributed by atoms with Crippen molar-refractivity contribution < 1.29 is 9.21 Å². The van der Waals surface area contributed by atoms with E-state index in [1.54, 1.807) is 49.4 Å². The third-order valence-electron chi connectivity index (χ3n) is 3.33. The molecular weight excluding hydrogens is 316 g/mol. The fourth-order valence-corrected chi connectivity index (χ4v) is 2.28. The Morgan fingerprint density at radius 3 is 2.65 bits per heavy atom. The average molecular weight is 329 g/mol. The van der Waals surface area contributed by atoms with Gasteiger partial charge in [-0.2, -0.15) is 0 Å². The summed E-state index contributed by atoms with van der Waals surface area (Å²) in [5.74, 6) is 0.140. The van der Waals surface area contributed by atoms with Crippen LogP contribution in [0.3, 0.4) is 0 Å². The Kier molecular flexibility index (Phi) is 4.12. The number of amides is 1. The van der Waals surface area contributed by atoms with Gasteiger partial charge in [-0.25, -0.2) is 9.78 Å². The van der Waals surface area contributed by atoms with E-state index in [4.69, 9.17) is 16.0 Å². The van der Waals surface area contributed by atoms with Crippen molar-refractivity contribution >= 4 is 34.1 Å². The summed E-state index contributed by atoms with van der Waals surface area (Å²) in [5, 5.41) is 3.63. The first-order valence-electron chi connectivity index (χ1n) is 7.07. The van der Waals surface area contributed by atoms with E-state index in [0.29, 0.717) is 33.6 Å². The molecular formula is C17H13ClN2O3. The Morgan fingerprint density at radius 1 is 1.22 bits per heavy atom. The zero-order valence-corrected chi connectivity index (χ0v) is 13.1. The van der Waals surface area contributed by atoms with Crippen LogP contribution in [0.5, 0.6) is 0 Å². The van der Waals surface area contributed by atoms with Crippen molar-refractivity contribution in [3.05, 3.63) is 57.9 Å². The minimum absolute atomic E-state index is 0.0669. The maximum Gasteiger partial charge on any atom is 0.347 e. The number of nitrogens with one attached hydrogen (secondary N) is 1. The molecule has 23 heavy (non-hydrogen) atoms. The predicted molar refractivity (Wildman–Crippen MR) is 89.6 cm³/mol. The predicted octanol–water partition coefficient (Wildman–Crippen LogP) is 3.86. The Hall–Kier alpha value is -2.66. The molecule has 5 nitrogen and oxygen atoms in total. The van der Waals surface area contributed by atoms with Gasteiger partial charge in [0.1, 0.15) is 0 Å². The highest BCUT2D eigenvalue weighted by atomic mass is 35.5. The van der Waals surface area contributed by atoms with E-state index in [0.717, 1.165) is 0 Å². The molecule has 0 aliphatic heterocycles. The second-order valence-corrected chi connectivity index (χ2v) is 5.38. The van der Waals surface area contributed by atoms with Crippen molar-refractivity contribution in [3.8, 4) is 11.5 Å². The number of nitrogens with zero attached hydrogens (tertiary/aromatic N) is 1. The number of benzene rings is 2. The van der Waals surface area contributed by atoms with Gasteiger partial charge in [0.2, 0.25) is 11.8 Å². The normalized spacial score (nSPS) is 10.7. The maximum atomic E-state index is 12.0. The van der Waals surface area contributed by atoms with E-state index < -0.39 is 5.63 Å². The molecule has 3 rings (SSSR count). The van der Waals surface area contributed by atoms with Crippen LogP contribution in [0.4, 0.5) is 5.69 Å². The first kappa shape index (κ1) is 15.2. The van der Waals surface area contributed by atoms with Crippen molar-refractivity contribution in [2.45, 2.75) is 13.3 Å². The molecule has 0 atom stereocenters. The summed E-state index contributed by atoms with van der Waals surface area (Å²) in [6.45, 7) is 1.78. The van der Waals surface area contributed by atoms with Crippen LogP contribution in [-0.2, 0) is 4.79 Å². The molecule has 1 N–H and O–H groups in total. The third kappa shape index (κ3) is 3.24. The molecule has 1 amide bonds. The van der Waals surface area contributed by atoms with E-state index in [2.05, 4.69) is 10.3 Å². The van der Waals surface area contributed by atoms with Gasteiger partial charge in [0.25, 0.3) is 0 Å². The number of carbonyl (C=O) groups is 1. The standard InChI is InChI=1S/C17H13ClN2O3/c1-2-15(21)19-12-6-3-10(4-7-12)16-20-14-9-11(18)5-8-13(14)17(22)23-16/h3-9H,2H2,1H3,(H,19,21). The molecule has 0 fully saturated rings. The summed E-state index contributed by atoms with van der Waals surface area (Å²) < 4.78 is 5.26. The van der Waals surface area contributed by atoms with E-state index in [-0.39, 0.29) is 11.8 Å². The lowest BCUT2D eigenvalue weighted by Crippen LogP contribution is -2.09. The van der Waals surface area contributed by atoms with Crippen molar-refractivity contribution in [2.75, 3.05) is 5.32 Å². The van der Waals surface area contributed by atoms with Crippen molar-refractivity contribution in [1.29, 1.82) is 0 Å². The summed E-state index contributed by atoms with van der Waals surface area (Å²) in [5.41, 5.74) is 1.32. The second-order valence-electron chi connectivity index (χ2n) is 4.95. The monoisotopic (exact) mass is 328 g/mol. The molecule has 6 heteroatoms. The number of hydrogen-bond acceptors (Lipinski definition) is 4. The van der Waals surface area contributed by atoms with Gasteiger partial charge in [-0.3, -0.25) is 4.79 Å². The molecule has 1 aromatic heterocycles. The molecule has 2 aromatic carbocycles. The Bertz CT molecular complexity index is 933. The number of aromatic nitrogens is 1. The number of carbonyl (C=O) groups excluding carboxylic acids is 1. The lowest BCUT2D eigenvalue weighted by Gasteiger charge is -2.05. The zero-order chi connectivity index (χ0) is 16.4. The van der Waals surface area contributed by atoms with Crippen molar-refractivity contribution in [3.63, 3.8) is 0 Å². The summed E-state index contributed by atoms with van der Waals surface area (Å²) >= 11 is 5.94. The summed E-state index contributed by atoms with van der Waals surface area (Å²) in [4.78, 5) is 27.7. The topological polar surface area (TPSA) is 72.2 Å². The minimum atomic E-state index is -0.468. The summed E-state index contributed by atoms with van der Waals surface area (Å²) in [6, 6.07) is 11.7. The van der Waals surface area contributed by atoms with E-state index in [1.165, 1.54) is 0 Å². The fourth-order valence-electron chi connectivity index (χ4n) is 2.11. The van der Waals surface area contributed by atoms with Crippen LogP contribution in [0.2, 0.25) is 5.02 Å². The molecule has 0 spiro atoms. The molecule has 1 heterocycles. The molecule has 0 bridgehead atoms. The molecule has 0 aliphatic carbocycles. The fraction of sp³-hybridized carbons (Fsp3) is 0.118. The molecule has 0 unspecified atom stereocenters. The number of fused-ring (bicyclic) bond motifs is 1. The molecule has 0 saturated heterocycles. The van der Waals surface area contributed by atoms with Gasteiger partial charge in [0.15, 0.2) is 0 Å². The molecule has 0 aliphatic rings. The highest BCUT2D eigenvalue weighted by Crippen LogP contribution is 2.22. The number of rotatable bonds is 3. The van der Waals surface area contributed by atoms with E-state index in [1.807, 2.05) is 0 Å². The van der Waals surface area contributed by atoms with Crippen LogP contribution in [0.15, 0.2) is 51.7 Å². The third-order valence-corrected chi connectivity index (χ3v) is 3.56. The highest BCUT2D eigenvalue weighted by molar-refractivity contribution is 6.31. The van der Waals surface area contributed by atoms with Crippen LogP contribution in [0.1, 0.15) is 13.3 Å². The van der Waals surface area contributed by atoms with E-state index in [9.17, 15) is 9.59 Å². The van der Waals surface area contributed by atoms with Crippen LogP contribution < -0.4 is 10.9 Å². The van der Waals surface area contributed by atoms with Gasteiger partial charge in [-0.05, 0) is 42.5 Å². The van der Waals surface area contributed by atoms with Crippen LogP contribution in [0, 0.1) is 0 Å². The van der Waals surface area contributed by atoms with Gasteiger partial charge in [-0.15, -0.1) is 0 Å². The zero-order valence-electron chi connectivity index (χ0n) is 12.3. The maximum absolute atomic E-state index is 12.0. The lowest BCUT2D eigenvalue weighted by molar-refractivity contribution is -0.115. The van der Waals surface area contributed by atoms with Gasteiger partial charge in [-0.1, -0.05) is 18.5 Å². The Morgan fingerprint density at radius 2 is 1.96 bits per heavy atom. The van der Waals surface area contributed by atoms with Gasteiger partial charge in [0, 0.05) is 22.7 Å². The van der Waals surface area contributed by atoms with E-state index >= 15 is 0 Å². The first-order chi connectivity index (χ1) is 11.1. The number of hydrogen-bond donors (Lipinski definition) is 1. The Labute approximate surface area is 136 Å². The Balaban J connectivity index is 1.99. The highest BCUT2D eigenvalue weighted by Gasteiger charge is 2.09. The quantitative estimate of drug-likeness (QED) is 0.792. The van der Waals surface area contributed by atoms with Crippen molar-refractivity contribution in [2.24, 2.45) is 0 Å². The summed E-state index contributed by atoms with van der Waals surface area (Å²) in [7, 11) is 0. The van der Waals surface area contributed by atoms with Crippen LogP contribution in [-0.4, -0.2) is 10.9 Å². The van der Waals surface area contributed by atoms with Gasteiger partial charge in [0.05, 0.1) is 10.9 Å². The van der Waals surface area contributed by atoms with Gasteiger partial charge < -0.3 is 9.73 Å². The smallest absolute Gasteiger partial charge is 0.347 e. The molecule has 116 valence electrons. The van der Waals surface area contributed by atoms with Gasteiger partial charge >= 0.3 is 5.63 Å². The number of anilines is 1. The average Bonchev–Trinajstić information content (AvgIpc) is 2.55. The minimum Gasteiger partial charge on any atom is -0.403 e. The second kappa shape index (κ2) is 6.22. The first-order valence-corrected chi connectivity index (χ1v) is 7.45. The lowest BCUT2D eigenvalue weighted by atomic mass is 10.2. The largest absolute Gasteiger partial charge is 0.403 e. The SMILES string of the molecule is CCC(=O)Nc1ccc(-c2nc3cc(Cl)ccc3c(=O)o2)cc1. The summed E-state index contributed by atoms with van der Waals surface area (Å²) in [6.07, 6.45) is 0.406. The number of halogens is 1. The van der Waals surface area contributed by atoms with Crippen molar-refractivity contribution in [1.82, 2.24) is 4.98 Å². The van der Waals surface area contributed by atoms with Crippen LogP contribution >= 0.6 is 11.6 Å².